The summed E-state index contributed by atoms with van der Waals surface area (Å²) in [6, 6.07) is 17.5. The zero-order chi connectivity index (χ0) is 22.4. The number of nitrogens with zero attached hydrogens (tertiary/aromatic N) is 3. The van der Waals surface area contributed by atoms with Crippen LogP contribution in [0.3, 0.4) is 0 Å². The first-order chi connectivity index (χ1) is 15.5. The largest absolute Gasteiger partial charge is 0.347 e. The molecule has 1 saturated carbocycles. The first kappa shape index (κ1) is 20.0. The van der Waals surface area contributed by atoms with E-state index < -0.39 is 29.3 Å². The highest BCUT2D eigenvalue weighted by Gasteiger charge is 2.52. The van der Waals surface area contributed by atoms with Crippen molar-refractivity contribution in [2.45, 2.75) is 25.4 Å². The summed E-state index contributed by atoms with van der Waals surface area (Å²) in [5, 5.41) is 2.62. The van der Waals surface area contributed by atoms with Crippen molar-refractivity contribution >= 4 is 17.5 Å². The van der Waals surface area contributed by atoms with Gasteiger partial charge in [-0.05, 0) is 30.5 Å². The van der Waals surface area contributed by atoms with E-state index in [1.165, 1.54) is 9.58 Å². The third-order valence-electron chi connectivity index (χ3n) is 6.40. The summed E-state index contributed by atoms with van der Waals surface area (Å²) in [6.07, 6.45) is 0.532. The van der Waals surface area contributed by atoms with Gasteiger partial charge in [0, 0.05) is 0 Å². The fraction of sp³-hybridized carbons (Fsp3) is 0.250. The molecule has 1 N–H and O–H groups in total. The first-order valence-electron chi connectivity index (χ1n) is 10.5. The van der Waals surface area contributed by atoms with Crippen LogP contribution in [0.15, 0.2) is 82.4 Å². The number of carbonyl (C=O) groups excluding carboxylic acids is 2. The van der Waals surface area contributed by atoms with E-state index >= 15 is 0 Å². The third kappa shape index (κ3) is 3.15. The van der Waals surface area contributed by atoms with Crippen LogP contribution < -0.4 is 16.3 Å². The van der Waals surface area contributed by atoms with Gasteiger partial charge in [-0.25, -0.2) is 23.9 Å². The van der Waals surface area contributed by atoms with Crippen molar-refractivity contribution in [1.29, 1.82) is 0 Å². The molecule has 2 aromatic carbocycles. The smallest absolute Gasteiger partial charge is 0.274 e. The molecule has 8 heteroatoms. The Morgan fingerprint density at radius 2 is 1.50 bits per heavy atom. The number of anilines is 1. The maximum absolute atomic E-state index is 13.1. The summed E-state index contributed by atoms with van der Waals surface area (Å²) in [5.41, 5.74) is 1.01. The number of hydrogen-bond donors (Lipinski definition) is 1. The van der Waals surface area contributed by atoms with Gasteiger partial charge in [-0.2, -0.15) is 0 Å². The van der Waals surface area contributed by atoms with Crippen LogP contribution in [0.1, 0.15) is 24.4 Å². The molecule has 1 saturated heterocycles. The fourth-order valence-electron chi connectivity index (χ4n) is 4.77. The van der Waals surface area contributed by atoms with Gasteiger partial charge in [-0.1, -0.05) is 60.7 Å². The minimum atomic E-state index is -0.564. The highest BCUT2D eigenvalue weighted by Crippen LogP contribution is 2.45. The number of H-pyrrole nitrogens is 1. The number of nitrogens with one attached hydrogen (secondary N) is 1. The van der Waals surface area contributed by atoms with E-state index in [-0.39, 0.29) is 24.8 Å². The number of carbonyl (C=O) groups is 2. The van der Waals surface area contributed by atoms with E-state index in [0.29, 0.717) is 17.7 Å². The molecule has 3 atom stereocenters. The molecule has 0 unspecified atom stereocenters. The van der Waals surface area contributed by atoms with Gasteiger partial charge in [0.2, 0.25) is 11.8 Å². The number of para-hydroxylation sites is 1. The molecule has 162 valence electrons. The van der Waals surface area contributed by atoms with Crippen molar-refractivity contribution in [2.24, 2.45) is 11.8 Å². The van der Waals surface area contributed by atoms with Crippen molar-refractivity contribution in [3.8, 4) is 0 Å². The van der Waals surface area contributed by atoms with Crippen LogP contribution in [-0.4, -0.2) is 26.2 Å². The van der Waals surface area contributed by atoms with Gasteiger partial charge in [-0.3, -0.25) is 14.5 Å². The zero-order valence-electron chi connectivity index (χ0n) is 17.3. The molecule has 0 spiro atoms. The van der Waals surface area contributed by atoms with Gasteiger partial charge < -0.3 is 0 Å². The number of amides is 2. The molecule has 5 rings (SSSR count). The predicted octanol–water partition coefficient (Wildman–Crippen LogP) is 2.08. The Kier molecular flexibility index (Phi) is 4.77. The normalized spacial score (nSPS) is 22.9. The molecule has 0 bridgehead atoms. The van der Waals surface area contributed by atoms with E-state index in [0.717, 1.165) is 10.1 Å². The Hall–Kier alpha value is -3.94. The molecule has 32 heavy (non-hydrogen) atoms. The lowest BCUT2D eigenvalue weighted by Gasteiger charge is -2.30. The molecule has 2 amide bonds. The number of aromatic nitrogens is 3. The lowest BCUT2D eigenvalue weighted by atomic mass is 9.76. The van der Waals surface area contributed by atoms with Crippen LogP contribution in [-0.2, 0) is 16.1 Å². The number of aromatic amines is 1. The SMILES string of the molecule is C=C1C[C@H]2C(=O)N(c3ccccc3)C(=O)[C@@H]2C[C@@H]1n1[nH]c(=O)n(Cc2ccccc2)c1=O. The summed E-state index contributed by atoms with van der Waals surface area (Å²) in [7, 11) is 0. The summed E-state index contributed by atoms with van der Waals surface area (Å²) >= 11 is 0. The molecule has 8 nitrogen and oxygen atoms in total. The zero-order valence-corrected chi connectivity index (χ0v) is 17.3. The van der Waals surface area contributed by atoms with E-state index in [4.69, 9.17) is 0 Å². The predicted molar refractivity (Wildman–Crippen MR) is 118 cm³/mol. The van der Waals surface area contributed by atoms with Crippen LogP contribution in [0.2, 0.25) is 0 Å². The molecular formula is C24H22N4O4. The minimum absolute atomic E-state index is 0.145. The quantitative estimate of drug-likeness (QED) is 0.506. The topological polar surface area (TPSA) is 97.2 Å². The lowest BCUT2D eigenvalue weighted by molar-refractivity contribution is -0.122. The van der Waals surface area contributed by atoms with Crippen molar-refractivity contribution in [1.82, 2.24) is 14.3 Å². The Bertz CT molecular complexity index is 1320. The lowest BCUT2D eigenvalue weighted by Crippen LogP contribution is -2.36. The number of rotatable bonds is 4. The Morgan fingerprint density at radius 3 is 2.19 bits per heavy atom. The standard InChI is InChI=1S/C24H22N4O4/c1-15-12-18-19(22(30)27(21(18)29)17-10-6-3-7-11-17)13-20(15)28-24(32)26(23(31)25-28)14-16-8-4-2-5-9-16/h2-11,18-20H,1,12-14H2,(H,25,31)/t18-,19-,20+/m1/s1. The van der Waals surface area contributed by atoms with Crippen molar-refractivity contribution in [2.75, 3.05) is 4.90 Å². The van der Waals surface area contributed by atoms with Gasteiger partial charge >= 0.3 is 11.4 Å². The van der Waals surface area contributed by atoms with Crippen molar-refractivity contribution < 1.29 is 9.59 Å². The summed E-state index contributed by atoms with van der Waals surface area (Å²) in [5.74, 6) is -1.58. The van der Waals surface area contributed by atoms with Crippen molar-refractivity contribution in [3.63, 3.8) is 0 Å². The Morgan fingerprint density at radius 1 is 0.875 bits per heavy atom. The minimum Gasteiger partial charge on any atom is -0.274 e. The van der Waals surface area contributed by atoms with Gasteiger partial charge in [0.1, 0.15) is 0 Å². The highest BCUT2D eigenvalue weighted by molar-refractivity contribution is 6.22. The van der Waals surface area contributed by atoms with Gasteiger partial charge in [0.25, 0.3) is 0 Å². The second-order valence-electron chi connectivity index (χ2n) is 8.32. The number of hydrogen-bond acceptors (Lipinski definition) is 4. The highest BCUT2D eigenvalue weighted by atomic mass is 16.2. The molecule has 1 aliphatic carbocycles. The van der Waals surface area contributed by atoms with E-state index in [1.54, 1.807) is 24.3 Å². The molecule has 1 aromatic heterocycles. The molecule has 0 radical (unpaired) electrons. The monoisotopic (exact) mass is 430 g/mol. The van der Waals surface area contributed by atoms with Crippen LogP contribution in [0, 0.1) is 11.8 Å². The van der Waals surface area contributed by atoms with Crippen LogP contribution in [0.5, 0.6) is 0 Å². The second-order valence-corrected chi connectivity index (χ2v) is 8.32. The maximum Gasteiger partial charge on any atom is 0.347 e. The number of fused-ring (bicyclic) bond motifs is 1. The molecular weight excluding hydrogens is 408 g/mol. The molecule has 2 aliphatic rings. The molecule has 2 fully saturated rings. The summed E-state index contributed by atoms with van der Waals surface area (Å²) < 4.78 is 2.39. The van der Waals surface area contributed by atoms with Crippen LogP contribution in [0.4, 0.5) is 5.69 Å². The molecule has 1 aliphatic heterocycles. The van der Waals surface area contributed by atoms with Crippen molar-refractivity contribution in [3.05, 3.63) is 99.3 Å². The first-order valence-corrected chi connectivity index (χ1v) is 10.5. The van der Waals surface area contributed by atoms with E-state index in [2.05, 4.69) is 11.7 Å². The average molecular weight is 430 g/mol. The van der Waals surface area contributed by atoms with Gasteiger partial charge in [0.15, 0.2) is 0 Å². The van der Waals surface area contributed by atoms with Crippen LogP contribution >= 0.6 is 0 Å². The Balaban J connectivity index is 1.45. The Labute approximate surface area is 183 Å². The third-order valence-corrected chi connectivity index (χ3v) is 6.40. The second kappa shape index (κ2) is 7.64. The van der Waals surface area contributed by atoms with E-state index in [9.17, 15) is 19.2 Å². The summed E-state index contributed by atoms with van der Waals surface area (Å²) in [4.78, 5) is 53.0. The van der Waals surface area contributed by atoms with E-state index in [1.807, 2.05) is 36.4 Å². The number of benzene rings is 2. The summed E-state index contributed by atoms with van der Waals surface area (Å²) in [6.45, 7) is 4.23. The van der Waals surface area contributed by atoms with Gasteiger partial charge in [0.05, 0.1) is 30.1 Å². The van der Waals surface area contributed by atoms with Gasteiger partial charge in [-0.15, -0.1) is 0 Å². The number of imide groups is 1. The maximum atomic E-state index is 13.1. The molecule has 3 aromatic rings. The average Bonchev–Trinajstić information content (AvgIpc) is 3.21. The number of allylic oxidation sites excluding steroid dienone is 1. The fourth-order valence-corrected chi connectivity index (χ4v) is 4.77. The molecule has 2 heterocycles. The van der Waals surface area contributed by atoms with Crippen LogP contribution in [0.25, 0.3) is 0 Å².